The molecule has 0 heterocycles. The van der Waals surface area contributed by atoms with Gasteiger partial charge in [-0.3, -0.25) is 0 Å². The maximum Gasteiger partial charge on any atom is 0.338 e. The first-order valence-electron chi connectivity index (χ1n) is 16.6. The molecule has 0 saturated carbocycles. The van der Waals surface area contributed by atoms with Crippen molar-refractivity contribution < 1.29 is 19.0 Å². The van der Waals surface area contributed by atoms with Crippen LogP contribution in [0, 0.1) is 5.92 Å². The molecule has 3 rings (SSSR count). The van der Waals surface area contributed by atoms with E-state index >= 15 is 0 Å². The quantitative estimate of drug-likeness (QED) is 0.0884. The number of hydrogen-bond acceptors (Lipinski definition) is 4. The Balaban J connectivity index is 1.30. The van der Waals surface area contributed by atoms with Crippen LogP contribution in [0.15, 0.2) is 60.7 Å². The van der Waals surface area contributed by atoms with Gasteiger partial charge in [0.05, 0.1) is 18.8 Å². The summed E-state index contributed by atoms with van der Waals surface area (Å²) in [4.78, 5) is 12.2. The highest BCUT2D eigenvalue weighted by Crippen LogP contribution is 2.26. The van der Waals surface area contributed by atoms with Crippen molar-refractivity contribution in [3.8, 4) is 11.5 Å². The summed E-state index contributed by atoms with van der Waals surface area (Å²) in [5.41, 5.74) is 1.57. The number of rotatable bonds is 22. The van der Waals surface area contributed by atoms with Crippen LogP contribution in [0.4, 0.5) is 0 Å². The topological polar surface area (TPSA) is 44.8 Å². The van der Waals surface area contributed by atoms with Crippen LogP contribution in [0.3, 0.4) is 0 Å². The molecule has 0 spiro atoms. The number of carbonyl (C=O) groups excluding carboxylic acids is 1. The third-order valence-electron chi connectivity index (χ3n) is 8.09. The lowest BCUT2D eigenvalue weighted by atomic mass is 10.0. The van der Waals surface area contributed by atoms with Gasteiger partial charge in [-0.05, 0) is 65.1 Å². The number of unbranched alkanes of at least 4 members (excludes halogenated alkanes) is 12. The maximum atomic E-state index is 12.2. The number of esters is 1. The van der Waals surface area contributed by atoms with E-state index in [1.165, 1.54) is 77.0 Å². The third kappa shape index (κ3) is 12.9. The predicted octanol–water partition coefficient (Wildman–Crippen LogP) is 11.1. The first-order chi connectivity index (χ1) is 20.6. The van der Waals surface area contributed by atoms with Gasteiger partial charge in [-0.2, -0.15) is 0 Å². The molecule has 0 aliphatic rings. The monoisotopic (exact) mass is 574 g/mol. The van der Waals surface area contributed by atoms with Crippen molar-refractivity contribution in [2.45, 2.75) is 117 Å². The lowest BCUT2D eigenvalue weighted by molar-refractivity contribution is 0.0447. The van der Waals surface area contributed by atoms with Crippen molar-refractivity contribution in [1.82, 2.24) is 0 Å². The summed E-state index contributed by atoms with van der Waals surface area (Å²) in [6.07, 6.45) is 18.7. The second-order valence-electron chi connectivity index (χ2n) is 11.9. The predicted molar refractivity (Wildman–Crippen MR) is 176 cm³/mol. The number of benzene rings is 3. The van der Waals surface area contributed by atoms with Gasteiger partial charge in [0, 0.05) is 0 Å². The largest absolute Gasteiger partial charge is 0.494 e. The molecule has 0 aromatic heterocycles. The summed E-state index contributed by atoms with van der Waals surface area (Å²) < 4.78 is 17.5. The average Bonchev–Trinajstić information content (AvgIpc) is 3.02. The molecule has 0 aliphatic heterocycles. The molecule has 3 aromatic rings. The summed E-state index contributed by atoms with van der Waals surface area (Å²) in [7, 11) is 0. The molecule has 0 radical (unpaired) electrons. The maximum absolute atomic E-state index is 12.2. The Hall–Kier alpha value is -3.01. The molecule has 4 heteroatoms. The van der Waals surface area contributed by atoms with Gasteiger partial charge in [0.1, 0.15) is 18.1 Å². The van der Waals surface area contributed by atoms with Gasteiger partial charge in [0.25, 0.3) is 0 Å². The lowest BCUT2D eigenvalue weighted by Crippen LogP contribution is -2.11. The minimum absolute atomic E-state index is 0.273. The zero-order valence-electron chi connectivity index (χ0n) is 26.5. The third-order valence-corrected chi connectivity index (χ3v) is 8.09. The molecule has 0 amide bonds. The molecule has 0 aliphatic carbocycles. The Morgan fingerprint density at radius 3 is 1.71 bits per heavy atom. The van der Waals surface area contributed by atoms with Crippen LogP contribution in [-0.2, 0) is 11.3 Å². The highest BCUT2D eigenvalue weighted by molar-refractivity contribution is 5.89. The van der Waals surface area contributed by atoms with E-state index < -0.39 is 0 Å². The van der Waals surface area contributed by atoms with E-state index in [1.807, 2.05) is 24.3 Å². The van der Waals surface area contributed by atoms with Crippen molar-refractivity contribution in [3.05, 3.63) is 71.8 Å². The molecule has 42 heavy (non-hydrogen) atoms. The average molecular weight is 575 g/mol. The van der Waals surface area contributed by atoms with Gasteiger partial charge in [0.15, 0.2) is 0 Å². The number of hydrogen-bond donors (Lipinski definition) is 0. The first-order valence-corrected chi connectivity index (χ1v) is 16.6. The summed E-state index contributed by atoms with van der Waals surface area (Å²) in [6.45, 7) is 8.12. The molecule has 0 unspecified atom stereocenters. The van der Waals surface area contributed by atoms with Crippen molar-refractivity contribution in [2.75, 3.05) is 13.2 Å². The molecule has 1 atom stereocenters. The number of ether oxygens (including phenoxy) is 3. The van der Waals surface area contributed by atoms with Gasteiger partial charge < -0.3 is 14.2 Å². The van der Waals surface area contributed by atoms with Crippen molar-refractivity contribution in [2.24, 2.45) is 5.92 Å². The first kappa shape index (κ1) is 33.5. The van der Waals surface area contributed by atoms with E-state index in [-0.39, 0.29) is 5.97 Å². The minimum Gasteiger partial charge on any atom is -0.494 e. The summed E-state index contributed by atoms with van der Waals surface area (Å²) in [5.74, 6) is 1.85. The molecule has 230 valence electrons. The highest BCUT2D eigenvalue weighted by Gasteiger charge is 2.09. The molecular formula is C38H54O4. The molecule has 0 N–H and O–H groups in total. The lowest BCUT2D eigenvalue weighted by Gasteiger charge is -2.11. The second-order valence-corrected chi connectivity index (χ2v) is 11.9. The second kappa shape index (κ2) is 20.0. The van der Waals surface area contributed by atoms with Crippen LogP contribution in [0.2, 0.25) is 0 Å². The summed E-state index contributed by atoms with van der Waals surface area (Å²) >= 11 is 0. The zero-order valence-corrected chi connectivity index (χ0v) is 26.5. The summed E-state index contributed by atoms with van der Waals surface area (Å²) in [5, 5.41) is 2.27. The SMILES string of the molecule is CCCCCCCCCCCCCCCOc1ccc2cc(OCc3ccc(C(=O)OC[C@H](C)CC)cc3)ccc2c1. The van der Waals surface area contributed by atoms with Gasteiger partial charge in [-0.15, -0.1) is 0 Å². The van der Waals surface area contributed by atoms with Crippen LogP contribution < -0.4 is 9.47 Å². The van der Waals surface area contributed by atoms with E-state index in [4.69, 9.17) is 14.2 Å². The highest BCUT2D eigenvalue weighted by atomic mass is 16.5. The van der Waals surface area contributed by atoms with Crippen LogP contribution in [0.25, 0.3) is 10.8 Å². The minimum atomic E-state index is -0.273. The Kier molecular flexibility index (Phi) is 15.9. The van der Waals surface area contributed by atoms with Gasteiger partial charge in [-0.25, -0.2) is 4.79 Å². The van der Waals surface area contributed by atoms with Crippen LogP contribution in [0.1, 0.15) is 127 Å². The normalized spacial score (nSPS) is 11.9. The molecule has 0 saturated heterocycles. The molecule has 4 nitrogen and oxygen atoms in total. The van der Waals surface area contributed by atoms with Crippen molar-refractivity contribution in [1.29, 1.82) is 0 Å². The number of fused-ring (bicyclic) bond motifs is 1. The Morgan fingerprint density at radius 1 is 0.643 bits per heavy atom. The van der Waals surface area contributed by atoms with Crippen LogP contribution in [0.5, 0.6) is 11.5 Å². The van der Waals surface area contributed by atoms with E-state index in [0.29, 0.717) is 24.7 Å². The van der Waals surface area contributed by atoms with E-state index in [1.54, 1.807) is 12.1 Å². The van der Waals surface area contributed by atoms with Crippen LogP contribution >= 0.6 is 0 Å². The van der Waals surface area contributed by atoms with E-state index in [2.05, 4.69) is 45.0 Å². The summed E-state index contributed by atoms with van der Waals surface area (Å²) in [6, 6.07) is 19.8. The zero-order chi connectivity index (χ0) is 29.8. The molecule has 3 aromatic carbocycles. The fraction of sp³-hybridized carbons (Fsp3) is 0.553. The number of carbonyl (C=O) groups is 1. The molecule has 0 fully saturated rings. The van der Waals surface area contributed by atoms with Crippen molar-refractivity contribution in [3.63, 3.8) is 0 Å². The molecule has 0 bridgehead atoms. The van der Waals surface area contributed by atoms with E-state index in [0.717, 1.165) is 47.3 Å². The Morgan fingerprint density at radius 2 is 1.17 bits per heavy atom. The Labute approximate surface area is 255 Å². The van der Waals surface area contributed by atoms with Crippen LogP contribution in [-0.4, -0.2) is 19.2 Å². The molecular weight excluding hydrogens is 520 g/mol. The van der Waals surface area contributed by atoms with Gasteiger partial charge in [0.2, 0.25) is 0 Å². The fourth-order valence-corrected chi connectivity index (χ4v) is 5.01. The van der Waals surface area contributed by atoms with Gasteiger partial charge >= 0.3 is 5.97 Å². The van der Waals surface area contributed by atoms with E-state index in [9.17, 15) is 4.79 Å². The Bertz CT molecular complexity index is 1150. The van der Waals surface area contributed by atoms with Gasteiger partial charge in [-0.1, -0.05) is 129 Å². The smallest absolute Gasteiger partial charge is 0.338 e. The van der Waals surface area contributed by atoms with Crippen molar-refractivity contribution >= 4 is 16.7 Å². The standard InChI is InChI=1S/C38H54O4/c1-4-6-7-8-9-10-11-12-13-14-15-16-17-26-40-36-24-22-35-28-37(25-23-34(35)27-36)41-30-32-18-20-33(21-19-32)38(39)42-29-31(3)5-2/h18-25,27-28,31H,4-17,26,29-30H2,1-3H3/t31-/m1/s1. The fourth-order valence-electron chi connectivity index (χ4n) is 5.01.